The second-order valence-corrected chi connectivity index (χ2v) is 13.6. The fourth-order valence-corrected chi connectivity index (χ4v) is 7.04. The Morgan fingerprint density at radius 3 is 2.17 bits per heavy atom. The van der Waals surface area contributed by atoms with Gasteiger partial charge >= 0.3 is 0 Å². The molecule has 1 N–H and O–H groups in total. The Bertz CT molecular complexity index is 1510. The molecule has 1 saturated carbocycles. The second kappa shape index (κ2) is 13.9. The smallest absolute Gasteiger partial charge is 0.264 e. The zero-order valence-electron chi connectivity index (χ0n) is 24.1. The number of sulfonamides is 1. The fraction of sp³-hybridized carbons (Fsp3) is 0.375. The molecule has 1 aliphatic carbocycles. The number of benzene rings is 3. The molecule has 1 atom stereocenters. The van der Waals surface area contributed by atoms with Gasteiger partial charge in [-0.25, -0.2) is 8.42 Å². The Hall–Kier alpha value is -3.07. The molecule has 1 aliphatic rings. The van der Waals surface area contributed by atoms with E-state index >= 15 is 0 Å². The second-order valence-electron chi connectivity index (χ2n) is 10.8. The van der Waals surface area contributed by atoms with E-state index in [1.165, 1.54) is 17.0 Å². The Morgan fingerprint density at radius 2 is 1.55 bits per heavy atom. The number of carbonyl (C=O) groups is 2. The first-order valence-electron chi connectivity index (χ1n) is 14.2. The average molecular weight is 631 g/mol. The van der Waals surface area contributed by atoms with Crippen molar-refractivity contribution in [3.63, 3.8) is 0 Å². The summed E-state index contributed by atoms with van der Waals surface area (Å²) in [5.74, 6) is -0.743. The summed E-state index contributed by atoms with van der Waals surface area (Å²) in [6.07, 6.45) is 4.28. The number of halogens is 2. The highest BCUT2D eigenvalue weighted by Crippen LogP contribution is 2.30. The van der Waals surface area contributed by atoms with Gasteiger partial charge in [-0.05, 0) is 80.6 Å². The van der Waals surface area contributed by atoms with Gasteiger partial charge in [-0.3, -0.25) is 13.9 Å². The highest BCUT2D eigenvalue weighted by molar-refractivity contribution is 7.92. The van der Waals surface area contributed by atoms with Crippen molar-refractivity contribution in [2.24, 2.45) is 0 Å². The summed E-state index contributed by atoms with van der Waals surface area (Å²) in [6, 6.07) is 17.7. The van der Waals surface area contributed by atoms with Gasteiger partial charge < -0.3 is 10.2 Å². The number of aryl methyl sites for hydroxylation is 2. The summed E-state index contributed by atoms with van der Waals surface area (Å²) in [7, 11) is -4.18. The van der Waals surface area contributed by atoms with Gasteiger partial charge in [0.15, 0.2) is 0 Å². The lowest BCUT2D eigenvalue weighted by molar-refractivity contribution is -0.140. The van der Waals surface area contributed by atoms with Gasteiger partial charge in [-0.1, -0.05) is 78.9 Å². The molecule has 10 heteroatoms. The zero-order valence-corrected chi connectivity index (χ0v) is 26.5. The van der Waals surface area contributed by atoms with Gasteiger partial charge in [0.1, 0.15) is 12.6 Å². The first kappa shape index (κ1) is 31.9. The Morgan fingerprint density at radius 1 is 0.929 bits per heavy atom. The predicted octanol–water partition coefficient (Wildman–Crippen LogP) is 6.67. The molecule has 224 valence electrons. The number of hydrogen-bond donors (Lipinski definition) is 1. The quantitative estimate of drug-likeness (QED) is 0.256. The minimum absolute atomic E-state index is 0.0514. The summed E-state index contributed by atoms with van der Waals surface area (Å²) >= 11 is 12.4. The third kappa shape index (κ3) is 7.65. The molecule has 3 aromatic carbocycles. The van der Waals surface area contributed by atoms with Crippen LogP contribution in [0.1, 0.15) is 55.7 Å². The number of hydrogen-bond acceptors (Lipinski definition) is 4. The van der Waals surface area contributed by atoms with E-state index in [0.717, 1.165) is 41.1 Å². The molecule has 0 aromatic heterocycles. The molecule has 4 rings (SSSR count). The zero-order chi connectivity index (χ0) is 30.4. The number of nitrogens with one attached hydrogen (secondary N) is 1. The van der Waals surface area contributed by atoms with Gasteiger partial charge in [-0.2, -0.15) is 0 Å². The van der Waals surface area contributed by atoms with Crippen molar-refractivity contribution in [2.75, 3.05) is 10.8 Å². The Labute approximate surface area is 258 Å². The number of nitrogens with zero attached hydrogens (tertiary/aromatic N) is 2. The van der Waals surface area contributed by atoms with E-state index in [-0.39, 0.29) is 23.4 Å². The third-order valence-electron chi connectivity index (χ3n) is 7.68. The van der Waals surface area contributed by atoms with Crippen LogP contribution in [0.3, 0.4) is 0 Å². The van der Waals surface area contributed by atoms with Gasteiger partial charge in [-0.15, -0.1) is 0 Å². The van der Waals surface area contributed by atoms with Crippen LogP contribution in [0, 0.1) is 13.8 Å². The van der Waals surface area contributed by atoms with Crippen molar-refractivity contribution in [1.29, 1.82) is 0 Å². The van der Waals surface area contributed by atoms with Crippen molar-refractivity contribution in [3.05, 3.63) is 93.5 Å². The van der Waals surface area contributed by atoms with Crippen molar-refractivity contribution >= 4 is 50.7 Å². The predicted molar refractivity (Wildman–Crippen MR) is 168 cm³/mol. The molecular weight excluding hydrogens is 593 g/mol. The van der Waals surface area contributed by atoms with Crippen molar-refractivity contribution in [3.8, 4) is 0 Å². The molecule has 0 radical (unpaired) electrons. The maximum atomic E-state index is 14.2. The monoisotopic (exact) mass is 629 g/mol. The number of carbonyl (C=O) groups excluding carboxylic acids is 2. The first-order chi connectivity index (χ1) is 20.0. The normalized spacial score (nSPS) is 14.4. The first-order valence-corrected chi connectivity index (χ1v) is 16.4. The fourth-order valence-electron chi connectivity index (χ4n) is 5.28. The number of amides is 2. The molecule has 3 aromatic rings. The third-order valence-corrected chi connectivity index (χ3v) is 9.94. The molecule has 0 heterocycles. The minimum atomic E-state index is -4.18. The van der Waals surface area contributed by atoms with E-state index in [0.29, 0.717) is 27.7 Å². The summed E-state index contributed by atoms with van der Waals surface area (Å²) < 4.78 is 29.3. The SMILES string of the molecule is CC[C@@H](C(=O)NC1CCCC1)N(Cc1ccc(Cl)cc1)C(=O)CN(c1cc(Cl)ccc1C)S(=O)(=O)c1ccc(C)cc1. The van der Waals surface area contributed by atoms with Crippen LogP contribution in [0.2, 0.25) is 10.0 Å². The summed E-state index contributed by atoms with van der Waals surface area (Å²) in [5, 5.41) is 4.01. The van der Waals surface area contributed by atoms with E-state index in [2.05, 4.69) is 5.32 Å². The van der Waals surface area contributed by atoms with E-state index in [4.69, 9.17) is 23.2 Å². The minimum Gasteiger partial charge on any atom is -0.352 e. The summed E-state index contributed by atoms with van der Waals surface area (Å²) in [4.78, 5) is 29.3. The van der Waals surface area contributed by atoms with Crippen molar-refractivity contribution < 1.29 is 18.0 Å². The maximum absolute atomic E-state index is 14.2. The van der Waals surface area contributed by atoms with E-state index in [1.54, 1.807) is 61.5 Å². The van der Waals surface area contributed by atoms with Crippen LogP contribution in [-0.4, -0.2) is 43.8 Å². The molecule has 7 nitrogen and oxygen atoms in total. The molecule has 42 heavy (non-hydrogen) atoms. The van der Waals surface area contributed by atoms with Crippen LogP contribution >= 0.6 is 23.2 Å². The van der Waals surface area contributed by atoms with Crippen LogP contribution < -0.4 is 9.62 Å². The largest absolute Gasteiger partial charge is 0.352 e. The highest BCUT2D eigenvalue weighted by atomic mass is 35.5. The molecule has 0 bridgehead atoms. The molecule has 0 unspecified atom stereocenters. The van der Waals surface area contributed by atoms with E-state index in [1.807, 2.05) is 13.8 Å². The number of rotatable bonds is 11. The standard InChI is InChI=1S/C32H37Cl2N3O4S/c1-4-29(32(39)35-27-7-5-6-8-27)36(20-24-12-15-25(33)16-13-24)31(38)21-37(30-19-26(34)14-11-23(30)3)42(40,41)28-17-9-22(2)10-18-28/h9-19,27,29H,4-8,20-21H2,1-3H3,(H,35,39)/t29-/m0/s1. The van der Waals surface area contributed by atoms with Crippen LogP contribution in [-0.2, 0) is 26.2 Å². The molecule has 2 amide bonds. The van der Waals surface area contributed by atoms with E-state index < -0.39 is 28.5 Å². The molecule has 0 saturated heterocycles. The lowest BCUT2D eigenvalue weighted by atomic mass is 10.1. The van der Waals surface area contributed by atoms with Crippen LogP contribution in [0.15, 0.2) is 71.6 Å². The highest BCUT2D eigenvalue weighted by Gasteiger charge is 2.35. The van der Waals surface area contributed by atoms with Crippen molar-refractivity contribution in [1.82, 2.24) is 10.2 Å². The van der Waals surface area contributed by atoms with Gasteiger partial charge in [0.25, 0.3) is 10.0 Å². The Balaban J connectivity index is 1.74. The molecular formula is C32H37Cl2N3O4S. The topological polar surface area (TPSA) is 86.8 Å². The van der Waals surface area contributed by atoms with Crippen LogP contribution in [0.5, 0.6) is 0 Å². The van der Waals surface area contributed by atoms with Gasteiger partial charge in [0, 0.05) is 22.6 Å². The average Bonchev–Trinajstić information content (AvgIpc) is 3.47. The molecule has 1 fully saturated rings. The van der Waals surface area contributed by atoms with Gasteiger partial charge in [0.2, 0.25) is 11.8 Å². The lowest BCUT2D eigenvalue weighted by Gasteiger charge is -2.34. The molecule has 0 aliphatic heterocycles. The van der Waals surface area contributed by atoms with E-state index in [9.17, 15) is 18.0 Å². The number of anilines is 1. The van der Waals surface area contributed by atoms with Gasteiger partial charge in [0.05, 0.1) is 10.6 Å². The van der Waals surface area contributed by atoms with Crippen LogP contribution in [0.4, 0.5) is 5.69 Å². The molecule has 0 spiro atoms. The summed E-state index contributed by atoms with van der Waals surface area (Å²) in [6.45, 7) is 5.08. The van der Waals surface area contributed by atoms with Crippen molar-refractivity contribution in [2.45, 2.75) is 76.4 Å². The Kier molecular flexibility index (Phi) is 10.6. The van der Waals surface area contributed by atoms with Crippen LogP contribution in [0.25, 0.3) is 0 Å². The lowest BCUT2D eigenvalue weighted by Crippen LogP contribution is -2.53. The maximum Gasteiger partial charge on any atom is 0.264 e. The summed E-state index contributed by atoms with van der Waals surface area (Å²) in [5.41, 5.74) is 2.61.